The second-order valence-corrected chi connectivity index (χ2v) is 13.1. The van der Waals surface area contributed by atoms with Crippen LogP contribution in [-0.4, -0.2) is 46.2 Å². The largest absolute Gasteiger partial charge is 0.465 e. The van der Waals surface area contributed by atoms with Gasteiger partial charge in [0.15, 0.2) is 0 Å². The summed E-state index contributed by atoms with van der Waals surface area (Å²) in [5, 5.41) is 31.2. The lowest BCUT2D eigenvalue weighted by molar-refractivity contribution is -0.158. The summed E-state index contributed by atoms with van der Waals surface area (Å²) in [5.41, 5.74) is 2.17. The van der Waals surface area contributed by atoms with Crippen LogP contribution in [0.25, 0.3) is 0 Å². The number of aliphatic hydroxyl groups excluding tert-OH is 3. The van der Waals surface area contributed by atoms with Crippen molar-refractivity contribution in [3.8, 4) is 0 Å². The molecule has 3 aliphatic rings. The maximum Gasteiger partial charge on any atom is 0.314 e. The van der Waals surface area contributed by atoms with E-state index in [-0.39, 0.29) is 16.8 Å². The van der Waals surface area contributed by atoms with Crippen LogP contribution >= 0.6 is 0 Å². The minimum atomic E-state index is -0.998. The van der Waals surface area contributed by atoms with Crippen LogP contribution in [0.4, 0.5) is 0 Å². The van der Waals surface area contributed by atoms with Gasteiger partial charge in [-0.3, -0.25) is 4.79 Å². The third kappa shape index (κ3) is 6.32. The van der Waals surface area contributed by atoms with Crippen molar-refractivity contribution in [2.45, 2.75) is 111 Å². The average Bonchev–Trinajstić information content (AvgIpc) is 3.20. The molecule has 0 aromatic carbocycles. The van der Waals surface area contributed by atoms with Gasteiger partial charge in [-0.25, -0.2) is 0 Å². The number of hydrogen-bond donors (Lipinski definition) is 3. The molecule has 3 aliphatic carbocycles. The molecular weight excluding hydrogens is 464 g/mol. The van der Waals surface area contributed by atoms with Gasteiger partial charge in [-0.1, -0.05) is 64.2 Å². The standard InChI is InChI=1S/C32H50O5/c1-8-18-37-29(36)31(5,6)28(35)15-17-30(3,4)27-14-13-25-22(10-9-16-32(25,27)7)11-12-23-19-24(33)20-26(34)21(23)2/h11-12,15,17,24-28,33-35H,2,8-10,13-14,16,18-20H2,1,3-7H3/t24-,25+,26+,27-,28+,32+/m1/s1. The second-order valence-electron chi connectivity index (χ2n) is 13.1. The van der Waals surface area contributed by atoms with Crippen LogP contribution in [0.1, 0.15) is 92.9 Å². The zero-order valence-electron chi connectivity index (χ0n) is 23.9. The topological polar surface area (TPSA) is 87.0 Å². The van der Waals surface area contributed by atoms with Gasteiger partial charge in [0.25, 0.3) is 0 Å². The summed E-state index contributed by atoms with van der Waals surface area (Å²) in [6.07, 6.45) is 13.5. The molecule has 3 saturated carbocycles. The molecular formula is C32H50O5. The van der Waals surface area contributed by atoms with Gasteiger partial charge < -0.3 is 20.1 Å². The van der Waals surface area contributed by atoms with Gasteiger partial charge in [-0.05, 0) is 92.6 Å². The quantitative estimate of drug-likeness (QED) is 0.271. The molecule has 3 fully saturated rings. The number of esters is 1. The molecule has 3 rings (SSSR count). The van der Waals surface area contributed by atoms with Crippen LogP contribution < -0.4 is 0 Å². The molecule has 208 valence electrons. The Morgan fingerprint density at radius 1 is 1.22 bits per heavy atom. The minimum absolute atomic E-state index is 0.138. The lowest BCUT2D eigenvalue weighted by Crippen LogP contribution is -2.40. The van der Waals surface area contributed by atoms with E-state index in [9.17, 15) is 20.1 Å². The average molecular weight is 515 g/mol. The number of carbonyl (C=O) groups is 1. The fourth-order valence-corrected chi connectivity index (χ4v) is 7.12. The smallest absolute Gasteiger partial charge is 0.314 e. The molecule has 0 spiro atoms. The Bertz CT molecular complexity index is 939. The summed E-state index contributed by atoms with van der Waals surface area (Å²) in [6.45, 7) is 16.8. The molecule has 0 aromatic heterocycles. The highest BCUT2D eigenvalue weighted by atomic mass is 16.5. The highest BCUT2D eigenvalue weighted by molar-refractivity contribution is 5.77. The molecule has 0 aromatic rings. The first-order valence-electron chi connectivity index (χ1n) is 14.2. The zero-order valence-corrected chi connectivity index (χ0v) is 23.9. The summed E-state index contributed by atoms with van der Waals surface area (Å²) in [6, 6.07) is 0. The van der Waals surface area contributed by atoms with Crippen molar-refractivity contribution >= 4 is 5.97 Å². The van der Waals surface area contributed by atoms with E-state index in [4.69, 9.17) is 4.74 Å². The van der Waals surface area contributed by atoms with Gasteiger partial charge in [0.1, 0.15) is 0 Å². The highest BCUT2D eigenvalue weighted by Gasteiger charge is 2.53. The number of carbonyl (C=O) groups excluding carboxylic acids is 1. The molecule has 0 saturated heterocycles. The molecule has 0 heterocycles. The normalized spacial score (nSPS) is 34.2. The maximum atomic E-state index is 12.5. The molecule has 5 heteroatoms. The Morgan fingerprint density at radius 2 is 1.92 bits per heavy atom. The Kier molecular flexibility index (Phi) is 9.35. The van der Waals surface area contributed by atoms with Crippen molar-refractivity contribution in [3.05, 3.63) is 47.6 Å². The van der Waals surface area contributed by atoms with Gasteiger partial charge in [-0.15, -0.1) is 0 Å². The van der Waals surface area contributed by atoms with Crippen molar-refractivity contribution in [3.63, 3.8) is 0 Å². The van der Waals surface area contributed by atoms with E-state index in [1.807, 2.05) is 6.92 Å². The molecule has 37 heavy (non-hydrogen) atoms. The molecule has 0 radical (unpaired) electrons. The molecule has 0 unspecified atom stereocenters. The molecule has 5 nitrogen and oxygen atoms in total. The van der Waals surface area contributed by atoms with Crippen LogP contribution in [0, 0.1) is 28.1 Å². The lowest BCUT2D eigenvalue weighted by Gasteiger charge is -2.47. The van der Waals surface area contributed by atoms with E-state index >= 15 is 0 Å². The number of allylic oxidation sites excluding steroid dienone is 4. The fourth-order valence-electron chi connectivity index (χ4n) is 7.12. The van der Waals surface area contributed by atoms with Crippen molar-refractivity contribution < 1.29 is 24.9 Å². The Labute approximate surface area is 224 Å². The minimum Gasteiger partial charge on any atom is -0.465 e. The first kappa shape index (κ1) is 29.9. The Hall–Kier alpha value is -1.69. The van der Waals surface area contributed by atoms with E-state index in [0.29, 0.717) is 31.3 Å². The van der Waals surface area contributed by atoms with Crippen LogP contribution in [0.2, 0.25) is 0 Å². The molecule has 3 N–H and O–H groups in total. The van der Waals surface area contributed by atoms with Gasteiger partial charge in [0, 0.05) is 6.42 Å². The van der Waals surface area contributed by atoms with Crippen molar-refractivity contribution in [2.24, 2.45) is 28.1 Å². The molecule has 6 atom stereocenters. The van der Waals surface area contributed by atoms with Gasteiger partial charge in [0.05, 0.1) is 30.3 Å². The number of rotatable bonds is 8. The van der Waals surface area contributed by atoms with Crippen molar-refractivity contribution in [1.82, 2.24) is 0 Å². The fraction of sp³-hybridized carbons (Fsp3) is 0.719. The maximum absolute atomic E-state index is 12.5. The van der Waals surface area contributed by atoms with Crippen molar-refractivity contribution in [2.75, 3.05) is 6.61 Å². The number of hydrogen-bond acceptors (Lipinski definition) is 5. The van der Waals surface area contributed by atoms with Crippen molar-refractivity contribution in [1.29, 1.82) is 0 Å². The van der Waals surface area contributed by atoms with E-state index in [0.717, 1.165) is 43.3 Å². The van der Waals surface area contributed by atoms with Crippen LogP contribution in [0.15, 0.2) is 47.6 Å². The monoisotopic (exact) mass is 514 g/mol. The summed E-state index contributed by atoms with van der Waals surface area (Å²) < 4.78 is 5.32. The predicted molar refractivity (Wildman–Crippen MR) is 149 cm³/mol. The second kappa shape index (κ2) is 11.6. The Morgan fingerprint density at radius 3 is 2.59 bits per heavy atom. The summed E-state index contributed by atoms with van der Waals surface area (Å²) >= 11 is 0. The van der Waals surface area contributed by atoms with Gasteiger partial charge in [0.2, 0.25) is 0 Å². The van der Waals surface area contributed by atoms with Crippen LogP contribution in [0.5, 0.6) is 0 Å². The van der Waals surface area contributed by atoms with Gasteiger partial charge >= 0.3 is 5.97 Å². The summed E-state index contributed by atoms with van der Waals surface area (Å²) in [5.74, 6) is 0.579. The van der Waals surface area contributed by atoms with E-state index in [1.54, 1.807) is 19.9 Å². The highest BCUT2D eigenvalue weighted by Crippen LogP contribution is 2.62. The molecule has 0 bridgehead atoms. The zero-order chi connectivity index (χ0) is 27.6. The Balaban J connectivity index is 1.77. The number of fused-ring (bicyclic) bond motifs is 1. The predicted octanol–water partition coefficient (Wildman–Crippen LogP) is 6.05. The number of aliphatic hydroxyl groups is 3. The first-order chi connectivity index (χ1) is 17.2. The molecule has 0 amide bonds. The third-order valence-corrected chi connectivity index (χ3v) is 9.54. The number of ether oxygens (including phenoxy) is 1. The van der Waals surface area contributed by atoms with Crippen LogP contribution in [-0.2, 0) is 9.53 Å². The summed E-state index contributed by atoms with van der Waals surface area (Å²) in [4.78, 5) is 12.5. The SMILES string of the molecule is C=C1C(=CC=C2CCC[C@]3(C)[C@@H](C(C)(C)C=C[C@H](O)C(C)(C)C(=O)OCCC)CC[C@@H]23)C[C@@H](O)C[C@@H]1O. The van der Waals surface area contributed by atoms with Crippen LogP contribution in [0.3, 0.4) is 0 Å². The summed E-state index contributed by atoms with van der Waals surface area (Å²) in [7, 11) is 0. The lowest BCUT2D eigenvalue weighted by atomic mass is 9.57. The molecule has 0 aliphatic heterocycles. The third-order valence-electron chi connectivity index (χ3n) is 9.54. The van der Waals surface area contributed by atoms with Gasteiger partial charge in [-0.2, -0.15) is 0 Å². The van der Waals surface area contributed by atoms with E-state index in [1.165, 1.54) is 12.0 Å². The first-order valence-corrected chi connectivity index (χ1v) is 14.2. The van der Waals surface area contributed by atoms with E-state index in [2.05, 4.69) is 45.6 Å². The van der Waals surface area contributed by atoms with E-state index < -0.39 is 23.7 Å².